The summed E-state index contributed by atoms with van der Waals surface area (Å²) in [6, 6.07) is 7.87. The highest BCUT2D eigenvalue weighted by Crippen LogP contribution is 2.20. The molecule has 1 amide bonds. The van der Waals surface area contributed by atoms with Crippen LogP contribution in [0.1, 0.15) is 38.7 Å². The first kappa shape index (κ1) is 14.9. The summed E-state index contributed by atoms with van der Waals surface area (Å²) in [5.74, 6) is 0.148. The van der Waals surface area contributed by atoms with Crippen molar-refractivity contribution in [1.82, 2.24) is 4.90 Å². The van der Waals surface area contributed by atoms with Crippen LogP contribution in [-0.4, -0.2) is 29.6 Å². The zero-order valence-electron chi connectivity index (χ0n) is 12.3. The van der Waals surface area contributed by atoms with Crippen molar-refractivity contribution >= 4 is 11.6 Å². The lowest BCUT2D eigenvalue weighted by molar-refractivity contribution is -0.135. The van der Waals surface area contributed by atoms with Crippen molar-refractivity contribution in [2.45, 2.75) is 51.8 Å². The Morgan fingerprint density at radius 2 is 2.20 bits per heavy atom. The Kier molecular flexibility index (Phi) is 5.01. The van der Waals surface area contributed by atoms with Gasteiger partial charge < -0.3 is 15.4 Å². The molecule has 110 valence electrons. The summed E-state index contributed by atoms with van der Waals surface area (Å²) in [7, 11) is 0. The fourth-order valence-corrected chi connectivity index (χ4v) is 2.54. The molecule has 0 spiro atoms. The number of hydrogen-bond acceptors (Lipinski definition) is 3. The summed E-state index contributed by atoms with van der Waals surface area (Å²) in [5, 5.41) is 0. The third kappa shape index (κ3) is 3.73. The highest BCUT2D eigenvalue weighted by Gasteiger charge is 2.24. The van der Waals surface area contributed by atoms with E-state index in [9.17, 15) is 4.79 Å². The maximum atomic E-state index is 12.5. The molecule has 4 heteroatoms. The van der Waals surface area contributed by atoms with E-state index in [0.717, 1.165) is 30.7 Å². The monoisotopic (exact) mass is 276 g/mol. The Hall–Kier alpha value is -1.55. The molecule has 1 saturated heterocycles. The van der Waals surface area contributed by atoms with Crippen molar-refractivity contribution < 1.29 is 9.53 Å². The number of rotatable bonds is 5. The summed E-state index contributed by atoms with van der Waals surface area (Å²) in [5.41, 5.74) is 7.71. The van der Waals surface area contributed by atoms with Crippen molar-refractivity contribution in [2.75, 3.05) is 12.3 Å². The number of ether oxygens (including phenoxy) is 1. The first-order chi connectivity index (χ1) is 9.58. The van der Waals surface area contributed by atoms with E-state index in [-0.39, 0.29) is 18.1 Å². The summed E-state index contributed by atoms with van der Waals surface area (Å²) in [6.07, 6.45) is 2.62. The maximum Gasteiger partial charge on any atom is 0.225 e. The van der Waals surface area contributed by atoms with Crippen LogP contribution in [0, 0.1) is 0 Å². The van der Waals surface area contributed by atoms with E-state index in [4.69, 9.17) is 10.5 Å². The molecule has 1 fully saturated rings. The first-order valence-corrected chi connectivity index (χ1v) is 7.32. The Labute approximate surface area is 120 Å². The summed E-state index contributed by atoms with van der Waals surface area (Å²) < 4.78 is 5.56. The lowest BCUT2D eigenvalue weighted by atomic mass is 10.1. The highest BCUT2D eigenvalue weighted by atomic mass is 16.5. The van der Waals surface area contributed by atoms with E-state index in [1.54, 1.807) is 0 Å². The van der Waals surface area contributed by atoms with E-state index in [1.807, 2.05) is 43.0 Å². The summed E-state index contributed by atoms with van der Waals surface area (Å²) in [4.78, 5) is 14.3. The standard InChI is InChI=1S/C16H24N2O2/c1-12(2)18(11-13-6-3-4-8-15(13)17)16(19)10-14-7-5-9-20-14/h3-4,6,8,12,14H,5,7,9-11,17H2,1-2H3. The van der Waals surface area contributed by atoms with Gasteiger partial charge in [0.2, 0.25) is 5.91 Å². The van der Waals surface area contributed by atoms with Gasteiger partial charge in [0, 0.05) is 24.9 Å². The predicted octanol–water partition coefficient (Wildman–Crippen LogP) is 2.57. The lowest BCUT2D eigenvalue weighted by Crippen LogP contribution is -2.38. The van der Waals surface area contributed by atoms with Gasteiger partial charge in [-0.25, -0.2) is 0 Å². The van der Waals surface area contributed by atoms with Crippen molar-refractivity contribution in [3.05, 3.63) is 29.8 Å². The average Bonchev–Trinajstić information content (AvgIpc) is 2.90. The van der Waals surface area contributed by atoms with Gasteiger partial charge >= 0.3 is 0 Å². The third-order valence-corrected chi connectivity index (χ3v) is 3.77. The zero-order chi connectivity index (χ0) is 14.5. The third-order valence-electron chi connectivity index (χ3n) is 3.77. The molecule has 0 bridgehead atoms. The quantitative estimate of drug-likeness (QED) is 0.841. The van der Waals surface area contributed by atoms with Gasteiger partial charge in [0.25, 0.3) is 0 Å². The molecular formula is C16H24N2O2. The first-order valence-electron chi connectivity index (χ1n) is 7.32. The van der Waals surface area contributed by atoms with Crippen molar-refractivity contribution in [3.63, 3.8) is 0 Å². The molecule has 1 aliphatic heterocycles. The number of carbonyl (C=O) groups excluding carboxylic acids is 1. The van der Waals surface area contributed by atoms with E-state index in [1.165, 1.54) is 0 Å². The van der Waals surface area contributed by atoms with E-state index >= 15 is 0 Å². The molecule has 2 N–H and O–H groups in total. The molecule has 1 aliphatic rings. The molecule has 4 nitrogen and oxygen atoms in total. The maximum absolute atomic E-state index is 12.5. The van der Waals surface area contributed by atoms with Crippen molar-refractivity contribution in [2.24, 2.45) is 0 Å². The van der Waals surface area contributed by atoms with Crippen LogP contribution in [0.3, 0.4) is 0 Å². The molecule has 20 heavy (non-hydrogen) atoms. The van der Waals surface area contributed by atoms with Crippen LogP contribution in [0.25, 0.3) is 0 Å². The van der Waals surface area contributed by atoms with Gasteiger partial charge in [0.15, 0.2) is 0 Å². The second kappa shape index (κ2) is 6.75. The smallest absolute Gasteiger partial charge is 0.225 e. The molecule has 1 aromatic carbocycles. The van der Waals surface area contributed by atoms with Crippen molar-refractivity contribution in [1.29, 1.82) is 0 Å². The van der Waals surface area contributed by atoms with Crippen molar-refractivity contribution in [3.8, 4) is 0 Å². The predicted molar refractivity (Wildman–Crippen MR) is 80.1 cm³/mol. The Bertz CT molecular complexity index is 454. The molecular weight excluding hydrogens is 252 g/mol. The normalized spacial score (nSPS) is 18.4. The summed E-state index contributed by atoms with van der Waals surface area (Å²) in [6.45, 7) is 5.42. The van der Waals surface area contributed by atoms with Crippen LogP contribution in [0.5, 0.6) is 0 Å². The Morgan fingerprint density at radius 1 is 1.45 bits per heavy atom. The number of anilines is 1. The number of hydrogen-bond donors (Lipinski definition) is 1. The molecule has 1 aromatic rings. The number of nitrogens with zero attached hydrogens (tertiary/aromatic N) is 1. The number of nitrogen functional groups attached to an aromatic ring is 1. The van der Waals surface area contributed by atoms with Crippen LogP contribution < -0.4 is 5.73 Å². The number of benzene rings is 1. The fourth-order valence-electron chi connectivity index (χ4n) is 2.54. The van der Waals surface area contributed by atoms with Gasteiger partial charge in [-0.1, -0.05) is 18.2 Å². The Balaban J connectivity index is 2.02. The Morgan fingerprint density at radius 3 is 2.80 bits per heavy atom. The molecule has 2 rings (SSSR count). The van der Waals surface area contributed by atoms with E-state index in [0.29, 0.717) is 13.0 Å². The van der Waals surface area contributed by atoms with Gasteiger partial charge in [0.1, 0.15) is 0 Å². The van der Waals surface area contributed by atoms with Gasteiger partial charge in [-0.3, -0.25) is 4.79 Å². The van der Waals surface area contributed by atoms with Gasteiger partial charge in [0.05, 0.1) is 12.5 Å². The molecule has 0 radical (unpaired) electrons. The van der Waals surface area contributed by atoms with Gasteiger partial charge in [-0.2, -0.15) is 0 Å². The average molecular weight is 276 g/mol. The highest BCUT2D eigenvalue weighted by molar-refractivity contribution is 5.77. The number of para-hydroxylation sites is 1. The second-order valence-electron chi connectivity index (χ2n) is 5.65. The SMILES string of the molecule is CC(C)N(Cc1ccccc1N)C(=O)CC1CCCO1. The fraction of sp³-hybridized carbons (Fsp3) is 0.562. The minimum absolute atomic E-state index is 0.0943. The topological polar surface area (TPSA) is 55.6 Å². The molecule has 1 unspecified atom stereocenters. The van der Waals surface area contributed by atoms with Gasteiger partial charge in [-0.05, 0) is 38.3 Å². The van der Waals surface area contributed by atoms with Crippen LogP contribution in [-0.2, 0) is 16.1 Å². The van der Waals surface area contributed by atoms with Crippen LogP contribution in [0.15, 0.2) is 24.3 Å². The largest absolute Gasteiger partial charge is 0.398 e. The van der Waals surface area contributed by atoms with Crippen LogP contribution in [0.4, 0.5) is 5.69 Å². The summed E-state index contributed by atoms with van der Waals surface area (Å²) >= 11 is 0. The number of nitrogens with two attached hydrogens (primary N) is 1. The van der Waals surface area contributed by atoms with E-state index < -0.39 is 0 Å². The molecule has 0 saturated carbocycles. The van der Waals surface area contributed by atoms with E-state index in [2.05, 4.69) is 0 Å². The molecule has 0 aliphatic carbocycles. The van der Waals surface area contributed by atoms with Gasteiger partial charge in [-0.15, -0.1) is 0 Å². The minimum Gasteiger partial charge on any atom is -0.398 e. The number of carbonyl (C=O) groups is 1. The second-order valence-corrected chi connectivity index (χ2v) is 5.65. The lowest BCUT2D eigenvalue weighted by Gasteiger charge is -2.28. The molecule has 1 heterocycles. The number of amides is 1. The molecule has 1 atom stereocenters. The minimum atomic E-state index is 0.0943. The van der Waals surface area contributed by atoms with Crippen LogP contribution >= 0.6 is 0 Å². The molecule has 0 aromatic heterocycles. The zero-order valence-corrected chi connectivity index (χ0v) is 12.3. The van der Waals surface area contributed by atoms with Crippen LogP contribution in [0.2, 0.25) is 0 Å².